The predicted octanol–water partition coefficient (Wildman–Crippen LogP) is 5.65. The summed E-state index contributed by atoms with van der Waals surface area (Å²) in [5.74, 6) is 0.439. The second-order valence-corrected chi connectivity index (χ2v) is 8.46. The van der Waals surface area contributed by atoms with Gasteiger partial charge in [-0.15, -0.1) is 0 Å². The minimum atomic E-state index is 0.0846. The zero-order valence-electron chi connectivity index (χ0n) is 15.9. The van der Waals surface area contributed by atoms with E-state index in [1.54, 1.807) is 0 Å². The van der Waals surface area contributed by atoms with Crippen molar-refractivity contribution in [3.05, 3.63) is 70.2 Å². The summed E-state index contributed by atoms with van der Waals surface area (Å²) in [4.78, 5) is 15.3. The molecular formula is C24H28ClNO. The normalized spacial score (nSPS) is 21.0. The molecule has 3 heteroatoms. The smallest absolute Gasteiger partial charge is 0.226 e. The molecule has 2 aliphatic rings. The minimum absolute atomic E-state index is 0.0846. The average molecular weight is 382 g/mol. The summed E-state index contributed by atoms with van der Waals surface area (Å²) >= 11 is 6.58. The molecule has 1 aliphatic heterocycles. The number of likely N-dealkylation sites (tertiary alicyclic amines) is 1. The van der Waals surface area contributed by atoms with Gasteiger partial charge < -0.3 is 4.90 Å². The Bertz CT molecular complexity index is 782. The van der Waals surface area contributed by atoms with Crippen LogP contribution >= 0.6 is 11.6 Å². The fourth-order valence-electron chi connectivity index (χ4n) is 4.77. The highest BCUT2D eigenvalue weighted by atomic mass is 35.5. The molecule has 2 fully saturated rings. The van der Waals surface area contributed by atoms with Crippen LogP contribution in [0.1, 0.15) is 55.2 Å². The number of carbonyl (C=O) groups is 1. The number of hydrogen-bond donors (Lipinski definition) is 0. The van der Waals surface area contributed by atoms with Crippen molar-refractivity contribution in [1.29, 1.82) is 0 Å². The molecule has 0 radical (unpaired) electrons. The number of rotatable bonds is 5. The molecule has 2 aromatic rings. The number of carbonyl (C=O) groups excluding carboxylic acids is 1. The Hall–Kier alpha value is -1.80. The monoisotopic (exact) mass is 381 g/mol. The van der Waals surface area contributed by atoms with Gasteiger partial charge in [-0.3, -0.25) is 4.79 Å². The van der Waals surface area contributed by atoms with Gasteiger partial charge >= 0.3 is 0 Å². The molecular weight excluding hydrogens is 354 g/mol. The summed E-state index contributed by atoms with van der Waals surface area (Å²) in [6.07, 6.45) is 8.83. The van der Waals surface area contributed by atoms with Crippen molar-refractivity contribution >= 4 is 17.5 Å². The van der Waals surface area contributed by atoms with E-state index in [9.17, 15) is 4.79 Å². The molecule has 1 heterocycles. The molecule has 4 rings (SSSR count). The van der Waals surface area contributed by atoms with Crippen molar-refractivity contribution < 1.29 is 4.79 Å². The highest BCUT2D eigenvalue weighted by Gasteiger charge is 2.36. The molecule has 1 saturated heterocycles. The lowest BCUT2D eigenvalue weighted by molar-refractivity contribution is -0.133. The third-order valence-corrected chi connectivity index (χ3v) is 6.62. The summed E-state index contributed by atoms with van der Waals surface area (Å²) in [6.45, 7) is 0.923. The quantitative estimate of drug-likeness (QED) is 0.654. The molecule has 27 heavy (non-hydrogen) atoms. The second kappa shape index (κ2) is 8.48. The van der Waals surface area contributed by atoms with Gasteiger partial charge in [-0.2, -0.15) is 0 Å². The van der Waals surface area contributed by atoms with Crippen molar-refractivity contribution in [3.63, 3.8) is 0 Å². The van der Waals surface area contributed by atoms with Crippen molar-refractivity contribution in [2.24, 2.45) is 5.92 Å². The fourth-order valence-corrected chi connectivity index (χ4v) is 5.04. The maximum absolute atomic E-state index is 13.1. The first-order chi connectivity index (χ1) is 13.2. The summed E-state index contributed by atoms with van der Waals surface area (Å²) in [5, 5.41) is 0.798. The molecule has 0 N–H and O–H groups in total. The summed E-state index contributed by atoms with van der Waals surface area (Å²) in [6, 6.07) is 17.1. The van der Waals surface area contributed by atoms with E-state index in [1.807, 2.05) is 18.2 Å². The minimum Gasteiger partial charge on any atom is -0.339 e. The number of nitrogens with zero attached hydrogens (tertiary/aromatic N) is 1. The van der Waals surface area contributed by atoms with Crippen LogP contribution in [0.15, 0.2) is 48.5 Å². The van der Waals surface area contributed by atoms with E-state index in [0.717, 1.165) is 36.4 Å². The zero-order chi connectivity index (χ0) is 18.6. The zero-order valence-corrected chi connectivity index (χ0v) is 16.6. The molecule has 1 saturated carbocycles. The number of halogens is 1. The number of benzene rings is 2. The lowest BCUT2D eigenvalue weighted by Crippen LogP contribution is -2.39. The topological polar surface area (TPSA) is 20.3 Å². The maximum Gasteiger partial charge on any atom is 0.226 e. The largest absolute Gasteiger partial charge is 0.339 e. The molecule has 1 amide bonds. The van der Waals surface area contributed by atoms with Crippen LogP contribution in [0.2, 0.25) is 5.02 Å². The fraction of sp³-hybridized carbons (Fsp3) is 0.458. The van der Waals surface area contributed by atoms with Crippen LogP contribution < -0.4 is 0 Å². The van der Waals surface area contributed by atoms with Gasteiger partial charge in [-0.1, -0.05) is 73.3 Å². The third kappa shape index (κ3) is 4.21. The Balaban J connectivity index is 1.50. The van der Waals surface area contributed by atoms with E-state index in [-0.39, 0.29) is 5.92 Å². The van der Waals surface area contributed by atoms with E-state index >= 15 is 0 Å². The van der Waals surface area contributed by atoms with Crippen molar-refractivity contribution in [2.75, 3.05) is 6.54 Å². The van der Waals surface area contributed by atoms with E-state index in [4.69, 9.17) is 11.6 Å². The van der Waals surface area contributed by atoms with Crippen molar-refractivity contribution in [2.45, 2.75) is 57.4 Å². The van der Waals surface area contributed by atoms with E-state index in [2.05, 4.69) is 35.2 Å². The first-order valence-electron chi connectivity index (χ1n) is 10.3. The van der Waals surface area contributed by atoms with Gasteiger partial charge in [-0.05, 0) is 54.9 Å². The van der Waals surface area contributed by atoms with Gasteiger partial charge in [0.2, 0.25) is 5.91 Å². The van der Waals surface area contributed by atoms with Crippen molar-refractivity contribution in [3.8, 4) is 0 Å². The molecule has 2 nitrogen and oxygen atoms in total. The van der Waals surface area contributed by atoms with Gasteiger partial charge in [0.25, 0.3) is 0 Å². The van der Waals surface area contributed by atoms with Crippen LogP contribution in [0.25, 0.3) is 0 Å². The Morgan fingerprint density at radius 2 is 1.70 bits per heavy atom. The summed E-state index contributed by atoms with van der Waals surface area (Å²) in [5.41, 5.74) is 3.69. The maximum atomic E-state index is 13.1. The highest BCUT2D eigenvalue weighted by Crippen LogP contribution is 2.33. The van der Waals surface area contributed by atoms with Gasteiger partial charge in [0.1, 0.15) is 0 Å². The van der Waals surface area contributed by atoms with Crippen LogP contribution in [0.5, 0.6) is 0 Å². The number of hydrogen-bond acceptors (Lipinski definition) is 1. The standard InChI is InChI=1S/C24H28ClNO/c25-23-13-7-10-19(16-18-8-3-1-4-9-18)22(23)17-20-14-15-26(24(20)27)21-11-5-2-6-12-21/h1,3-4,7-10,13,20-21H,2,5-6,11-12,14-17H2. The number of amides is 1. The van der Waals surface area contributed by atoms with Crippen LogP contribution in [0.3, 0.4) is 0 Å². The first kappa shape index (κ1) is 18.6. The molecule has 1 aliphatic carbocycles. The van der Waals surface area contributed by atoms with Gasteiger partial charge in [0.15, 0.2) is 0 Å². The summed E-state index contributed by atoms with van der Waals surface area (Å²) < 4.78 is 0. The van der Waals surface area contributed by atoms with Crippen LogP contribution in [-0.2, 0) is 17.6 Å². The highest BCUT2D eigenvalue weighted by molar-refractivity contribution is 6.31. The van der Waals surface area contributed by atoms with Crippen LogP contribution in [-0.4, -0.2) is 23.4 Å². The lowest BCUT2D eigenvalue weighted by atomic mass is 9.91. The Labute approximate surface area is 167 Å². The van der Waals surface area contributed by atoms with Crippen LogP contribution in [0.4, 0.5) is 0 Å². The molecule has 1 unspecified atom stereocenters. The molecule has 0 aromatic heterocycles. The second-order valence-electron chi connectivity index (χ2n) is 8.05. The lowest BCUT2D eigenvalue weighted by Gasteiger charge is -2.31. The molecule has 1 atom stereocenters. The first-order valence-corrected chi connectivity index (χ1v) is 10.7. The van der Waals surface area contributed by atoms with Gasteiger partial charge in [0.05, 0.1) is 0 Å². The van der Waals surface area contributed by atoms with E-state index in [1.165, 1.54) is 43.2 Å². The average Bonchev–Trinajstić information content (AvgIpc) is 3.06. The van der Waals surface area contributed by atoms with Gasteiger partial charge in [-0.25, -0.2) is 0 Å². The Kier molecular flexibility index (Phi) is 5.83. The third-order valence-electron chi connectivity index (χ3n) is 6.27. The SMILES string of the molecule is O=C1C(Cc2c(Cl)cccc2Cc2ccccc2)CCN1C1CCCCC1. The van der Waals surface area contributed by atoms with Gasteiger partial charge in [0, 0.05) is 23.5 Å². The molecule has 2 aromatic carbocycles. The Morgan fingerprint density at radius 3 is 2.48 bits per heavy atom. The van der Waals surface area contributed by atoms with E-state index < -0.39 is 0 Å². The molecule has 142 valence electrons. The predicted molar refractivity (Wildman–Crippen MR) is 111 cm³/mol. The van der Waals surface area contributed by atoms with Crippen molar-refractivity contribution in [1.82, 2.24) is 4.90 Å². The van der Waals surface area contributed by atoms with E-state index in [0.29, 0.717) is 11.9 Å². The Morgan fingerprint density at radius 1 is 0.926 bits per heavy atom. The molecule has 0 spiro atoms. The van der Waals surface area contributed by atoms with Crippen LogP contribution in [0, 0.1) is 5.92 Å². The summed E-state index contributed by atoms with van der Waals surface area (Å²) in [7, 11) is 0. The molecule has 0 bridgehead atoms.